The molecule has 92 valence electrons. The van der Waals surface area contributed by atoms with Crippen LogP contribution in [-0.2, 0) is 4.79 Å². The number of halogens is 3. The Kier molecular flexibility index (Phi) is 5.24. The topological polar surface area (TPSA) is 58.2 Å². The van der Waals surface area contributed by atoms with Crippen LogP contribution in [0.3, 0.4) is 0 Å². The predicted molar refractivity (Wildman–Crippen MR) is 71.6 cm³/mol. The number of hydrogen-bond donors (Lipinski definition) is 2. The van der Waals surface area contributed by atoms with E-state index in [0.717, 1.165) is 0 Å². The molecule has 7 heteroatoms. The van der Waals surface area contributed by atoms with Crippen LogP contribution < -0.4 is 10.6 Å². The number of rotatable bonds is 2. The molecule has 0 radical (unpaired) electrons. The molecule has 0 aliphatic carbocycles. The Balaban J connectivity index is 2.62. The van der Waals surface area contributed by atoms with Crippen molar-refractivity contribution in [3.05, 3.63) is 27.7 Å². The Morgan fingerprint density at radius 1 is 1.41 bits per heavy atom. The number of nitrogens with one attached hydrogen (secondary N) is 2. The van der Waals surface area contributed by atoms with Crippen LogP contribution in [0.5, 0.6) is 0 Å². The van der Waals surface area contributed by atoms with E-state index in [2.05, 4.69) is 26.6 Å². The van der Waals surface area contributed by atoms with Crippen LogP contribution in [0.2, 0.25) is 5.02 Å². The zero-order valence-electron chi connectivity index (χ0n) is 8.76. The van der Waals surface area contributed by atoms with Gasteiger partial charge in [-0.2, -0.15) is 0 Å². The van der Waals surface area contributed by atoms with Crippen molar-refractivity contribution in [2.75, 3.05) is 5.32 Å². The van der Waals surface area contributed by atoms with Gasteiger partial charge in [0.1, 0.15) is 5.38 Å². The summed E-state index contributed by atoms with van der Waals surface area (Å²) in [5.74, 6) is -0.558. The number of amides is 3. The maximum atomic E-state index is 11.4. The van der Waals surface area contributed by atoms with Gasteiger partial charge in [-0.05, 0) is 41.1 Å². The fraction of sp³-hybridized carbons (Fsp3) is 0.200. The highest BCUT2D eigenvalue weighted by Gasteiger charge is 2.13. The van der Waals surface area contributed by atoms with Crippen LogP contribution in [0, 0.1) is 0 Å². The number of carbonyl (C=O) groups is 2. The van der Waals surface area contributed by atoms with Crippen molar-refractivity contribution in [2.24, 2.45) is 0 Å². The lowest BCUT2D eigenvalue weighted by Crippen LogP contribution is -2.38. The summed E-state index contributed by atoms with van der Waals surface area (Å²) in [6.07, 6.45) is 0. The van der Waals surface area contributed by atoms with E-state index in [9.17, 15) is 9.59 Å². The fourth-order valence-corrected chi connectivity index (χ4v) is 1.50. The lowest BCUT2D eigenvalue weighted by atomic mass is 10.3. The quantitative estimate of drug-likeness (QED) is 0.811. The summed E-state index contributed by atoms with van der Waals surface area (Å²) < 4.78 is 0.647. The molecule has 0 heterocycles. The average Bonchev–Trinajstić information content (AvgIpc) is 2.23. The first kappa shape index (κ1) is 14.3. The fourth-order valence-electron chi connectivity index (χ4n) is 0.948. The summed E-state index contributed by atoms with van der Waals surface area (Å²) in [7, 11) is 0. The maximum absolute atomic E-state index is 11.4. The normalized spacial score (nSPS) is 11.8. The Hall–Kier alpha value is -0.780. The molecule has 0 spiro atoms. The third kappa shape index (κ3) is 4.53. The van der Waals surface area contributed by atoms with E-state index in [0.29, 0.717) is 15.2 Å². The van der Waals surface area contributed by atoms with Crippen molar-refractivity contribution >= 4 is 56.8 Å². The summed E-state index contributed by atoms with van der Waals surface area (Å²) in [4.78, 5) is 22.5. The standard InChI is InChI=1S/C10H9BrCl2N2O2/c1-5(12)9(16)15-10(17)14-6-2-3-8(13)7(11)4-6/h2-5H,1H3,(H2,14,15,16,17). The molecule has 0 fully saturated rings. The first-order valence-electron chi connectivity index (χ1n) is 4.61. The average molecular weight is 340 g/mol. The highest BCUT2D eigenvalue weighted by molar-refractivity contribution is 9.10. The van der Waals surface area contributed by atoms with Crippen molar-refractivity contribution in [1.29, 1.82) is 0 Å². The molecule has 17 heavy (non-hydrogen) atoms. The zero-order chi connectivity index (χ0) is 13.0. The molecule has 1 unspecified atom stereocenters. The van der Waals surface area contributed by atoms with Crippen molar-refractivity contribution in [2.45, 2.75) is 12.3 Å². The van der Waals surface area contributed by atoms with Gasteiger partial charge < -0.3 is 5.32 Å². The third-order valence-electron chi connectivity index (χ3n) is 1.78. The van der Waals surface area contributed by atoms with Gasteiger partial charge in [-0.1, -0.05) is 11.6 Å². The van der Waals surface area contributed by atoms with Gasteiger partial charge in [0.2, 0.25) is 5.91 Å². The van der Waals surface area contributed by atoms with Crippen LogP contribution in [0.25, 0.3) is 0 Å². The van der Waals surface area contributed by atoms with E-state index in [1.165, 1.54) is 6.92 Å². The first-order chi connectivity index (χ1) is 7.90. The second-order valence-corrected chi connectivity index (χ2v) is 5.10. The highest BCUT2D eigenvalue weighted by atomic mass is 79.9. The number of imide groups is 1. The van der Waals surface area contributed by atoms with Crippen LogP contribution in [0.4, 0.5) is 10.5 Å². The van der Waals surface area contributed by atoms with Gasteiger partial charge in [-0.25, -0.2) is 4.79 Å². The molecule has 0 saturated carbocycles. The highest BCUT2D eigenvalue weighted by Crippen LogP contribution is 2.25. The van der Waals surface area contributed by atoms with E-state index in [-0.39, 0.29) is 0 Å². The first-order valence-corrected chi connectivity index (χ1v) is 6.22. The molecule has 1 aromatic rings. The predicted octanol–water partition coefficient (Wildman–Crippen LogP) is 3.38. The molecular formula is C10H9BrCl2N2O2. The summed E-state index contributed by atoms with van der Waals surface area (Å²) in [5.41, 5.74) is 0.508. The molecule has 0 saturated heterocycles. The smallest absolute Gasteiger partial charge is 0.308 e. The summed E-state index contributed by atoms with van der Waals surface area (Å²) in [6.45, 7) is 1.48. The Bertz CT molecular complexity index is 452. The minimum Gasteiger partial charge on any atom is -0.308 e. The van der Waals surface area contributed by atoms with E-state index >= 15 is 0 Å². The van der Waals surface area contributed by atoms with Crippen LogP contribution in [0.15, 0.2) is 22.7 Å². The molecule has 1 aromatic carbocycles. The van der Waals surface area contributed by atoms with Gasteiger partial charge in [0.05, 0.1) is 5.02 Å². The van der Waals surface area contributed by atoms with Crippen molar-refractivity contribution in [3.8, 4) is 0 Å². The minimum atomic E-state index is -0.766. The van der Waals surface area contributed by atoms with Crippen molar-refractivity contribution < 1.29 is 9.59 Å². The van der Waals surface area contributed by atoms with E-state index in [1.807, 2.05) is 0 Å². The monoisotopic (exact) mass is 338 g/mol. The van der Waals surface area contributed by atoms with Crippen LogP contribution >= 0.6 is 39.1 Å². The van der Waals surface area contributed by atoms with Crippen LogP contribution in [0.1, 0.15) is 6.92 Å². The number of benzene rings is 1. The number of carbonyl (C=O) groups excluding carboxylic acids is 2. The zero-order valence-corrected chi connectivity index (χ0v) is 11.9. The lowest BCUT2D eigenvalue weighted by Gasteiger charge is -2.08. The van der Waals surface area contributed by atoms with Crippen LogP contribution in [-0.4, -0.2) is 17.3 Å². The lowest BCUT2D eigenvalue weighted by molar-refractivity contribution is -0.119. The molecule has 2 N–H and O–H groups in total. The third-order valence-corrected chi connectivity index (χ3v) is 3.19. The second-order valence-electron chi connectivity index (χ2n) is 3.19. The number of alkyl halides is 1. The summed E-state index contributed by atoms with van der Waals surface area (Å²) in [6, 6.07) is 4.21. The van der Waals surface area contributed by atoms with Gasteiger partial charge >= 0.3 is 6.03 Å². The molecule has 3 amide bonds. The minimum absolute atomic E-state index is 0.508. The van der Waals surface area contributed by atoms with Gasteiger partial charge in [-0.15, -0.1) is 11.6 Å². The second kappa shape index (κ2) is 6.23. The van der Waals surface area contributed by atoms with Gasteiger partial charge in [0, 0.05) is 10.2 Å². The number of anilines is 1. The molecular weight excluding hydrogens is 331 g/mol. The molecule has 0 bridgehead atoms. The summed E-state index contributed by atoms with van der Waals surface area (Å²) >= 11 is 14.5. The van der Waals surface area contributed by atoms with E-state index in [1.54, 1.807) is 18.2 Å². The largest absolute Gasteiger partial charge is 0.325 e. The molecule has 4 nitrogen and oxygen atoms in total. The SMILES string of the molecule is CC(Cl)C(=O)NC(=O)Nc1ccc(Cl)c(Br)c1. The van der Waals surface area contributed by atoms with Gasteiger partial charge in [0.25, 0.3) is 0 Å². The van der Waals surface area contributed by atoms with E-state index < -0.39 is 17.3 Å². The molecule has 0 aromatic heterocycles. The maximum Gasteiger partial charge on any atom is 0.325 e. The number of urea groups is 1. The summed E-state index contributed by atoms with van der Waals surface area (Å²) in [5, 5.41) is 4.33. The molecule has 0 aliphatic rings. The number of hydrogen-bond acceptors (Lipinski definition) is 2. The van der Waals surface area contributed by atoms with Gasteiger partial charge in [0.15, 0.2) is 0 Å². The Labute approximate surface area is 117 Å². The van der Waals surface area contributed by atoms with Crippen molar-refractivity contribution in [3.63, 3.8) is 0 Å². The molecule has 0 aliphatic heterocycles. The van der Waals surface area contributed by atoms with E-state index in [4.69, 9.17) is 23.2 Å². The molecule has 1 rings (SSSR count). The Morgan fingerprint density at radius 2 is 2.06 bits per heavy atom. The van der Waals surface area contributed by atoms with Gasteiger partial charge in [-0.3, -0.25) is 10.1 Å². The Morgan fingerprint density at radius 3 is 2.59 bits per heavy atom. The molecule has 1 atom stereocenters. The van der Waals surface area contributed by atoms with Crippen molar-refractivity contribution in [1.82, 2.24) is 5.32 Å².